The highest BCUT2D eigenvalue weighted by Crippen LogP contribution is 2.53. The van der Waals surface area contributed by atoms with E-state index in [4.69, 9.17) is 11.2 Å². The second-order valence-corrected chi connectivity index (χ2v) is 22.7. The largest absolute Gasteiger partial charge is 0.0964 e. The van der Waals surface area contributed by atoms with Gasteiger partial charge in [-0.15, -0.1) is 0 Å². The lowest BCUT2D eigenvalue weighted by Gasteiger charge is -2.41. The summed E-state index contributed by atoms with van der Waals surface area (Å²) in [4.78, 5) is 0.812. The smallest absolute Gasteiger partial charge is 0.0506 e. The summed E-state index contributed by atoms with van der Waals surface area (Å²) in [6.07, 6.45) is 5.54. The van der Waals surface area contributed by atoms with E-state index in [1.807, 2.05) is 0 Å². The van der Waals surface area contributed by atoms with Crippen LogP contribution in [0.5, 0.6) is 0 Å². The molecule has 0 aliphatic heterocycles. The number of hydrogen-bond donors (Lipinski definition) is 0. The van der Waals surface area contributed by atoms with Gasteiger partial charge in [0.2, 0.25) is 0 Å². The normalized spacial score (nSPS) is 15.0. The molecule has 0 nitrogen and oxygen atoms in total. The molecule has 112 valence electrons. The first-order valence-corrected chi connectivity index (χ1v) is 16.9. The predicted octanol–water partition coefficient (Wildman–Crippen LogP) is 6.46. The molecule has 0 radical (unpaired) electrons. The van der Waals surface area contributed by atoms with E-state index in [9.17, 15) is 0 Å². The van der Waals surface area contributed by atoms with Crippen molar-refractivity contribution < 1.29 is 0 Å². The van der Waals surface area contributed by atoms with Gasteiger partial charge >= 0.3 is 0 Å². The first-order chi connectivity index (χ1) is 9.12. The summed E-state index contributed by atoms with van der Waals surface area (Å²) in [5.41, 5.74) is 1.27. The molecule has 0 saturated heterocycles. The Morgan fingerprint density at radius 1 is 1.00 bits per heavy atom. The topological polar surface area (TPSA) is 0 Å². The molecule has 20 heavy (non-hydrogen) atoms. The van der Waals surface area contributed by atoms with Crippen LogP contribution in [-0.4, -0.2) is 27.2 Å². The standard InChI is InChI=1S/C16H28ClPSi2/c1-19(2,3)16(20(4,5)6)18(17)14-10-13-15-11-8-7-9-12-15/h7-13,16H,14H2,1-6H3/b13-10+. The van der Waals surface area contributed by atoms with E-state index < -0.39 is 23.4 Å². The Labute approximate surface area is 133 Å². The average Bonchev–Trinajstić information content (AvgIpc) is 2.26. The molecule has 0 aromatic heterocycles. The summed E-state index contributed by atoms with van der Waals surface area (Å²) in [5, 5.41) is 0. The van der Waals surface area contributed by atoms with Gasteiger partial charge in [-0.25, -0.2) is 0 Å². The van der Waals surface area contributed by atoms with E-state index in [2.05, 4.69) is 81.8 Å². The third kappa shape index (κ3) is 5.85. The number of hydrogen-bond acceptors (Lipinski definition) is 0. The van der Waals surface area contributed by atoms with E-state index in [0.29, 0.717) is 0 Å². The highest BCUT2D eigenvalue weighted by molar-refractivity contribution is 7.88. The average molecular weight is 343 g/mol. The summed E-state index contributed by atoms with van der Waals surface area (Å²) < 4.78 is 0. The van der Waals surface area contributed by atoms with Crippen molar-refractivity contribution in [2.75, 3.05) is 6.16 Å². The summed E-state index contributed by atoms with van der Waals surface area (Å²) in [5.74, 6) is 0. The van der Waals surface area contributed by atoms with Crippen molar-refractivity contribution in [3.63, 3.8) is 0 Å². The minimum Gasteiger partial charge on any atom is -0.0964 e. The molecule has 1 atom stereocenters. The Bertz CT molecular complexity index is 418. The minimum absolute atomic E-state index is 0.407. The molecule has 4 heteroatoms. The van der Waals surface area contributed by atoms with Crippen LogP contribution in [-0.2, 0) is 0 Å². The summed E-state index contributed by atoms with van der Waals surface area (Å²) in [6, 6.07) is 10.5. The van der Waals surface area contributed by atoms with Gasteiger partial charge in [-0.3, -0.25) is 0 Å². The van der Waals surface area contributed by atoms with Gasteiger partial charge in [0.05, 0.1) is 16.1 Å². The fourth-order valence-electron chi connectivity index (χ4n) is 3.10. The van der Waals surface area contributed by atoms with Crippen molar-refractivity contribution in [1.82, 2.24) is 0 Å². The van der Waals surface area contributed by atoms with Crippen LogP contribution in [0, 0.1) is 0 Å². The fraction of sp³-hybridized carbons (Fsp3) is 0.500. The number of rotatable bonds is 6. The van der Waals surface area contributed by atoms with Gasteiger partial charge in [-0.2, -0.15) is 0 Å². The molecule has 1 aromatic carbocycles. The van der Waals surface area contributed by atoms with Crippen molar-refractivity contribution in [1.29, 1.82) is 0 Å². The second kappa shape index (κ2) is 7.40. The quantitative estimate of drug-likeness (QED) is 0.411. The van der Waals surface area contributed by atoms with E-state index >= 15 is 0 Å². The first-order valence-electron chi connectivity index (χ1n) is 7.26. The molecule has 1 unspecified atom stereocenters. The van der Waals surface area contributed by atoms with Crippen LogP contribution >= 0.6 is 18.5 Å². The molecular formula is C16H28ClPSi2. The lowest BCUT2D eigenvalue weighted by Crippen LogP contribution is -2.52. The Morgan fingerprint density at radius 2 is 1.50 bits per heavy atom. The van der Waals surface area contributed by atoms with E-state index in [1.165, 1.54) is 5.56 Å². The van der Waals surface area contributed by atoms with Crippen LogP contribution in [0.2, 0.25) is 39.3 Å². The zero-order chi connectivity index (χ0) is 15.4. The first kappa shape index (κ1) is 18.2. The third-order valence-corrected chi connectivity index (χ3v) is 21.4. The summed E-state index contributed by atoms with van der Waals surface area (Å²) in [6.45, 7) is 14.9. The maximum atomic E-state index is 6.87. The van der Waals surface area contributed by atoms with Gasteiger partial charge in [-0.05, 0) is 23.9 Å². The molecule has 0 bridgehead atoms. The lowest BCUT2D eigenvalue weighted by molar-refractivity contribution is 1.44. The van der Waals surface area contributed by atoms with Gasteiger partial charge in [0.1, 0.15) is 0 Å². The molecule has 1 rings (SSSR count). The van der Waals surface area contributed by atoms with E-state index in [0.717, 1.165) is 11.1 Å². The zero-order valence-corrected chi connectivity index (χ0v) is 17.3. The highest BCUT2D eigenvalue weighted by Gasteiger charge is 2.41. The molecule has 0 aliphatic carbocycles. The number of allylic oxidation sites excluding steroid dienone is 1. The van der Waals surface area contributed by atoms with Crippen LogP contribution in [0.3, 0.4) is 0 Å². The van der Waals surface area contributed by atoms with Crippen molar-refractivity contribution in [2.45, 2.75) is 44.2 Å². The Morgan fingerprint density at radius 3 is 1.95 bits per heavy atom. The lowest BCUT2D eigenvalue weighted by atomic mass is 10.2. The van der Waals surface area contributed by atoms with E-state index in [1.54, 1.807) is 0 Å². The van der Waals surface area contributed by atoms with Crippen LogP contribution < -0.4 is 0 Å². The fourth-order valence-corrected chi connectivity index (χ4v) is 26.9. The van der Waals surface area contributed by atoms with E-state index in [-0.39, 0.29) is 0 Å². The minimum atomic E-state index is -1.19. The Kier molecular flexibility index (Phi) is 6.72. The van der Waals surface area contributed by atoms with Crippen molar-refractivity contribution in [3.05, 3.63) is 42.0 Å². The molecule has 1 aromatic rings. The summed E-state index contributed by atoms with van der Waals surface area (Å²) in [7, 11) is -2.79. The molecule has 0 aliphatic rings. The molecule has 0 fully saturated rings. The molecule has 0 heterocycles. The van der Waals surface area contributed by atoms with Gasteiger partial charge in [-0.1, -0.05) is 93.0 Å². The van der Waals surface area contributed by atoms with Gasteiger partial charge in [0.25, 0.3) is 0 Å². The third-order valence-electron chi connectivity index (χ3n) is 3.31. The Hall–Kier alpha value is 0.114. The molecule has 0 spiro atoms. The van der Waals surface area contributed by atoms with Gasteiger partial charge < -0.3 is 0 Å². The zero-order valence-electron chi connectivity index (χ0n) is 13.7. The maximum absolute atomic E-state index is 6.87. The van der Waals surface area contributed by atoms with Gasteiger partial charge in [0, 0.05) is 0 Å². The number of benzene rings is 1. The molecule has 0 saturated carbocycles. The van der Waals surface area contributed by atoms with Crippen LogP contribution in [0.1, 0.15) is 5.56 Å². The maximum Gasteiger partial charge on any atom is 0.0506 e. The Balaban J connectivity index is 2.73. The predicted molar refractivity (Wildman–Crippen MR) is 104 cm³/mol. The van der Waals surface area contributed by atoms with Crippen molar-refractivity contribution in [3.8, 4) is 0 Å². The highest BCUT2D eigenvalue weighted by atomic mass is 35.7. The van der Waals surface area contributed by atoms with Crippen LogP contribution in [0.25, 0.3) is 6.08 Å². The molecular weight excluding hydrogens is 315 g/mol. The molecule has 0 N–H and O–H groups in total. The SMILES string of the molecule is C[Si](C)(C)C(P(Cl)C/C=C/c1ccccc1)[Si](C)(C)C. The summed E-state index contributed by atoms with van der Waals surface area (Å²) >= 11 is 6.87. The monoisotopic (exact) mass is 342 g/mol. The second-order valence-electron chi connectivity index (χ2n) is 7.53. The number of halogens is 1. The van der Waals surface area contributed by atoms with Crippen LogP contribution in [0.15, 0.2) is 36.4 Å². The molecule has 0 amide bonds. The van der Waals surface area contributed by atoms with Crippen molar-refractivity contribution >= 4 is 40.7 Å². The van der Waals surface area contributed by atoms with Crippen molar-refractivity contribution in [2.24, 2.45) is 0 Å². The van der Waals surface area contributed by atoms with Crippen LogP contribution in [0.4, 0.5) is 0 Å². The van der Waals surface area contributed by atoms with Gasteiger partial charge in [0.15, 0.2) is 0 Å².